The van der Waals surface area contributed by atoms with Crippen molar-refractivity contribution in [3.05, 3.63) is 0 Å². The summed E-state index contributed by atoms with van der Waals surface area (Å²) in [5.74, 6) is 0. The first kappa shape index (κ1) is 16.0. The molecule has 0 saturated heterocycles. The van der Waals surface area contributed by atoms with E-state index in [0.29, 0.717) is 0 Å². The average molecular weight is 529 g/mol. The van der Waals surface area contributed by atoms with Crippen molar-refractivity contribution in [3.63, 3.8) is 0 Å². The van der Waals surface area contributed by atoms with Crippen molar-refractivity contribution in [1.82, 2.24) is 0 Å². The van der Waals surface area contributed by atoms with Crippen LogP contribution in [0.5, 0.6) is 0 Å². The Kier molecular flexibility index (Phi) is 71.0. The predicted octanol–water partition coefficient (Wildman–Crippen LogP) is -0.0100. The van der Waals surface area contributed by atoms with Crippen LogP contribution < -0.4 is 0 Å². The van der Waals surface area contributed by atoms with Crippen molar-refractivity contribution in [2.45, 2.75) is 0 Å². The topological polar surface area (TPSA) is 0 Å². The number of rotatable bonds is 0. The Hall–Kier alpha value is 2.53. The van der Waals surface area contributed by atoms with E-state index >= 15 is 0 Å². The average Bonchev–Trinajstić information content (AvgIpc) is 1.00. The molecule has 0 aromatic carbocycles. The Morgan fingerprint density at radius 2 is 1.25 bits per heavy atom. The second-order valence-corrected chi connectivity index (χ2v) is 0. The molecule has 0 rings (SSSR count). The number of hydrogen-bond acceptors (Lipinski definition) is 0. The van der Waals surface area contributed by atoms with Crippen LogP contribution in [0.2, 0.25) is 0 Å². The molecule has 0 nitrogen and oxygen atoms in total. The van der Waals surface area contributed by atoms with E-state index in [1.54, 1.807) is 0 Å². The fraction of sp³-hybridized carbons (Fsp3) is 0. The summed E-state index contributed by atoms with van der Waals surface area (Å²) in [7, 11) is 0. The third-order valence-electron chi connectivity index (χ3n) is 0. The molecule has 0 bridgehead atoms. The quantitative estimate of drug-likeness (QED) is 0.388. The normalized spacial score (nSPS) is 1.50. The Morgan fingerprint density at radius 1 is 1.25 bits per heavy atom. The van der Waals surface area contributed by atoms with Gasteiger partial charge in [-0.2, -0.15) is 0 Å². The molecule has 0 fully saturated rings. The van der Waals surface area contributed by atoms with Gasteiger partial charge in [0.1, 0.15) is 0 Å². The van der Waals surface area contributed by atoms with E-state index < -0.39 is 0 Å². The van der Waals surface area contributed by atoms with Gasteiger partial charge in [0.2, 0.25) is 0 Å². The second-order valence-electron chi connectivity index (χ2n) is 0. The first-order chi connectivity index (χ1) is 1.00. The predicted molar refractivity (Wildman–Crippen MR) is 0 cm³/mol. The van der Waals surface area contributed by atoms with Gasteiger partial charge in [-0.1, -0.05) is 0 Å². The second kappa shape index (κ2) is 17.7. The van der Waals surface area contributed by atoms with Gasteiger partial charge < -0.3 is 0 Å². The molecule has 0 amide bonds. The summed E-state index contributed by atoms with van der Waals surface area (Å²) in [6.07, 6.45) is 0. The fourth-order valence-electron chi connectivity index (χ4n) is 0. The molecule has 0 saturated carbocycles. The van der Waals surface area contributed by atoms with Gasteiger partial charge in [-0.15, -0.1) is 0 Å². The molecular formula is IrMnRuTa. The van der Waals surface area contributed by atoms with Crippen LogP contribution in [0.4, 0.5) is 0 Å². The first-order valence-electron chi connectivity index (χ1n) is 0.149. The maximum atomic E-state index is 2.11. The molecular weight excluding hydrogens is 529 g/mol. The third kappa shape index (κ3) is 8.82. The summed E-state index contributed by atoms with van der Waals surface area (Å²) >= 11 is 3.56. The zero-order chi connectivity index (χ0) is 2.00. The molecule has 0 aliphatic heterocycles. The summed E-state index contributed by atoms with van der Waals surface area (Å²) in [5, 5.41) is 0. The van der Waals surface area contributed by atoms with E-state index in [1.807, 2.05) is 0 Å². The summed E-state index contributed by atoms with van der Waals surface area (Å²) in [4.78, 5) is 0. The summed E-state index contributed by atoms with van der Waals surface area (Å²) in [5.41, 5.74) is 0. The van der Waals surface area contributed by atoms with Crippen LogP contribution >= 0.6 is 0 Å². The molecule has 4 heavy (non-hydrogen) atoms. The van der Waals surface area contributed by atoms with Crippen molar-refractivity contribution in [2.24, 2.45) is 0 Å². The third-order valence-corrected chi connectivity index (χ3v) is 0. The first-order valence-corrected chi connectivity index (χ1v) is 9.99. The van der Waals surface area contributed by atoms with Crippen molar-refractivity contribution in [1.29, 1.82) is 0 Å². The molecule has 0 heterocycles. The zero-order valence-electron chi connectivity index (χ0n) is 1.51. The summed E-state index contributed by atoms with van der Waals surface area (Å²) in [6.45, 7) is 0. The van der Waals surface area contributed by atoms with E-state index in [1.165, 1.54) is 18.2 Å². The van der Waals surface area contributed by atoms with Gasteiger partial charge in [0.25, 0.3) is 0 Å². The minimum atomic E-state index is 0. The summed E-state index contributed by atoms with van der Waals surface area (Å²) < 4.78 is 0. The molecule has 0 aromatic heterocycles. The van der Waals surface area contributed by atoms with Crippen LogP contribution in [0, 0.1) is 0 Å². The monoisotopic (exact) mass is 531 g/mol. The van der Waals surface area contributed by atoms with Gasteiger partial charge in [0.05, 0.1) is 0 Å². The maximum absolute atomic E-state index is 2.11. The minimum absolute atomic E-state index is 0. The molecule has 0 spiro atoms. The Morgan fingerprint density at radius 3 is 1.25 bits per heavy atom. The molecule has 0 atom stereocenters. The molecule has 0 aliphatic rings. The molecule has 0 unspecified atom stereocenters. The van der Waals surface area contributed by atoms with Crippen LogP contribution in [0.25, 0.3) is 0 Å². The molecule has 0 aliphatic carbocycles. The van der Waals surface area contributed by atoms with Crippen LogP contribution in [0.1, 0.15) is 0 Å². The van der Waals surface area contributed by atoms with E-state index in [9.17, 15) is 0 Å². The van der Waals surface area contributed by atoms with Gasteiger partial charge >= 0.3 is 33.9 Å². The Bertz CT molecular complexity index is 8.00. The van der Waals surface area contributed by atoms with Gasteiger partial charge in [0, 0.05) is 36.5 Å². The molecule has 0 N–H and O–H groups in total. The number of hydrogen-bond donors (Lipinski definition) is 0. The fourth-order valence-corrected chi connectivity index (χ4v) is 0. The summed E-state index contributed by atoms with van der Waals surface area (Å²) in [6, 6.07) is 0. The molecule has 29 valence electrons. The van der Waals surface area contributed by atoms with Gasteiger partial charge in [-0.25, -0.2) is 0 Å². The van der Waals surface area contributed by atoms with Crippen molar-refractivity contribution >= 4 is 0 Å². The molecule has 0 aromatic rings. The SMILES string of the molecule is [Mn].[Ru].[Ta][Ir]. The Labute approximate surface area is 69.4 Å². The van der Waals surface area contributed by atoms with E-state index in [0.717, 1.165) is 0 Å². The van der Waals surface area contributed by atoms with E-state index in [2.05, 4.69) is 15.7 Å². The molecule has 1 radical (unpaired) electrons. The van der Waals surface area contributed by atoms with Crippen LogP contribution in [-0.4, -0.2) is 0 Å². The Balaban J connectivity index is -0.00000000500. The van der Waals surface area contributed by atoms with Crippen LogP contribution in [-0.2, 0) is 70.4 Å². The van der Waals surface area contributed by atoms with Crippen molar-refractivity contribution in [3.8, 4) is 0 Å². The van der Waals surface area contributed by atoms with Gasteiger partial charge in [-0.3, -0.25) is 0 Å². The van der Waals surface area contributed by atoms with Crippen LogP contribution in [0.15, 0.2) is 0 Å². The van der Waals surface area contributed by atoms with E-state index in [4.69, 9.17) is 0 Å². The standard InChI is InChI=1S/Ir.Mn.Ru.Ta. The van der Waals surface area contributed by atoms with Crippen molar-refractivity contribution < 1.29 is 70.4 Å². The van der Waals surface area contributed by atoms with Crippen LogP contribution in [0.3, 0.4) is 0 Å². The van der Waals surface area contributed by atoms with Gasteiger partial charge in [-0.05, 0) is 0 Å². The van der Waals surface area contributed by atoms with Crippen molar-refractivity contribution in [2.75, 3.05) is 0 Å². The van der Waals surface area contributed by atoms with E-state index in [-0.39, 0.29) is 36.5 Å². The van der Waals surface area contributed by atoms with Gasteiger partial charge in [0.15, 0.2) is 0 Å². The zero-order valence-corrected chi connectivity index (χ0v) is 10.0. The molecule has 4 heteroatoms.